The highest BCUT2D eigenvalue weighted by molar-refractivity contribution is 5.92. The Balaban J connectivity index is 1.13. The summed E-state index contributed by atoms with van der Waals surface area (Å²) in [5.41, 5.74) is 13.2. The van der Waals surface area contributed by atoms with Crippen molar-refractivity contribution in [2.45, 2.75) is 19.3 Å². The summed E-state index contributed by atoms with van der Waals surface area (Å²) < 4.78 is 0. The summed E-state index contributed by atoms with van der Waals surface area (Å²) in [6.07, 6.45) is 0. The molecular formula is C42H31N3. The van der Waals surface area contributed by atoms with Gasteiger partial charge in [0, 0.05) is 22.1 Å². The van der Waals surface area contributed by atoms with Crippen LogP contribution in [0.2, 0.25) is 0 Å². The predicted octanol–water partition coefficient (Wildman–Crippen LogP) is 10.5. The summed E-state index contributed by atoms with van der Waals surface area (Å²) in [6, 6.07) is 53.2. The summed E-state index contributed by atoms with van der Waals surface area (Å²) in [4.78, 5) is 14.6. The molecule has 0 atom stereocenters. The topological polar surface area (TPSA) is 38.7 Å². The molecule has 0 aliphatic heterocycles. The van der Waals surface area contributed by atoms with Crippen LogP contribution in [0.5, 0.6) is 0 Å². The zero-order valence-corrected chi connectivity index (χ0v) is 25.3. The summed E-state index contributed by atoms with van der Waals surface area (Å²) in [6.45, 7) is 4.66. The molecule has 8 rings (SSSR count). The van der Waals surface area contributed by atoms with Gasteiger partial charge in [-0.3, -0.25) is 0 Å². The molecule has 0 saturated carbocycles. The summed E-state index contributed by atoms with van der Waals surface area (Å²) in [7, 11) is 0. The average Bonchev–Trinajstić information content (AvgIpc) is 3.35. The number of nitrogens with zero attached hydrogens (tertiary/aromatic N) is 3. The number of aromatic nitrogens is 3. The predicted molar refractivity (Wildman–Crippen MR) is 185 cm³/mol. The van der Waals surface area contributed by atoms with Gasteiger partial charge in [-0.2, -0.15) is 0 Å². The maximum absolute atomic E-state index is 4.88. The van der Waals surface area contributed by atoms with E-state index in [1.54, 1.807) is 0 Å². The lowest BCUT2D eigenvalue weighted by Gasteiger charge is -2.21. The molecule has 0 saturated heterocycles. The molecule has 7 aromatic rings. The molecular weight excluding hydrogens is 546 g/mol. The summed E-state index contributed by atoms with van der Waals surface area (Å²) in [5, 5.41) is 0. The van der Waals surface area contributed by atoms with Crippen molar-refractivity contribution in [3.05, 3.63) is 163 Å². The van der Waals surface area contributed by atoms with Gasteiger partial charge < -0.3 is 0 Å². The van der Waals surface area contributed by atoms with Crippen molar-refractivity contribution in [1.82, 2.24) is 15.0 Å². The minimum Gasteiger partial charge on any atom is -0.208 e. The largest absolute Gasteiger partial charge is 0.208 e. The van der Waals surface area contributed by atoms with Crippen molar-refractivity contribution < 1.29 is 0 Å². The highest BCUT2D eigenvalue weighted by Crippen LogP contribution is 2.51. The van der Waals surface area contributed by atoms with Gasteiger partial charge in [-0.25, -0.2) is 15.0 Å². The van der Waals surface area contributed by atoms with E-state index in [1.807, 2.05) is 60.7 Å². The van der Waals surface area contributed by atoms with Crippen LogP contribution < -0.4 is 0 Å². The highest BCUT2D eigenvalue weighted by Gasteiger charge is 2.36. The zero-order valence-electron chi connectivity index (χ0n) is 25.3. The maximum atomic E-state index is 4.88. The second kappa shape index (κ2) is 10.8. The number of hydrogen-bond donors (Lipinski definition) is 0. The third kappa shape index (κ3) is 4.74. The Morgan fingerprint density at radius 2 is 0.733 bits per heavy atom. The van der Waals surface area contributed by atoms with Gasteiger partial charge in [0.2, 0.25) is 0 Å². The molecule has 1 aliphatic rings. The quantitative estimate of drug-likeness (QED) is 0.204. The van der Waals surface area contributed by atoms with Crippen molar-refractivity contribution in [2.24, 2.45) is 0 Å². The molecule has 214 valence electrons. The van der Waals surface area contributed by atoms with E-state index in [4.69, 9.17) is 15.0 Å². The van der Waals surface area contributed by atoms with E-state index in [-0.39, 0.29) is 5.41 Å². The third-order valence-corrected chi connectivity index (χ3v) is 8.98. The number of fused-ring (bicyclic) bond motifs is 3. The molecule has 1 aromatic heterocycles. The van der Waals surface area contributed by atoms with Crippen molar-refractivity contribution >= 4 is 0 Å². The van der Waals surface area contributed by atoms with E-state index in [0.29, 0.717) is 17.5 Å². The van der Waals surface area contributed by atoms with E-state index < -0.39 is 0 Å². The molecule has 0 spiro atoms. The highest BCUT2D eigenvalue weighted by atomic mass is 15.0. The molecule has 0 amide bonds. The second-order valence-corrected chi connectivity index (χ2v) is 12.1. The second-order valence-electron chi connectivity index (χ2n) is 12.1. The maximum Gasteiger partial charge on any atom is 0.164 e. The first-order valence-electron chi connectivity index (χ1n) is 15.4. The molecule has 0 unspecified atom stereocenters. The van der Waals surface area contributed by atoms with E-state index in [1.165, 1.54) is 38.9 Å². The molecule has 0 bridgehead atoms. The Bertz CT molecular complexity index is 2090. The van der Waals surface area contributed by atoms with Crippen LogP contribution in [-0.2, 0) is 5.41 Å². The number of benzene rings is 6. The fourth-order valence-corrected chi connectivity index (χ4v) is 6.59. The molecule has 0 radical (unpaired) electrons. The van der Waals surface area contributed by atoms with Crippen molar-refractivity contribution in [3.8, 4) is 67.5 Å². The Morgan fingerprint density at radius 1 is 0.333 bits per heavy atom. The normalized spacial score (nSPS) is 12.8. The Morgan fingerprint density at radius 3 is 1.29 bits per heavy atom. The number of hydrogen-bond acceptors (Lipinski definition) is 3. The molecule has 3 nitrogen and oxygen atoms in total. The molecule has 6 aromatic carbocycles. The standard InChI is InChI=1S/C42H31N3/c1-42(2)36-18-10-9-16-35(36)38-34(17-11-19-37(38)42)30-24-20-28(21-25-30)29-22-26-33(27-23-29)41-44-39(31-12-5-3-6-13-31)43-40(45-41)32-14-7-4-8-15-32/h3-27H,1-2H3. The van der Waals surface area contributed by atoms with E-state index in [9.17, 15) is 0 Å². The number of rotatable bonds is 5. The first-order valence-corrected chi connectivity index (χ1v) is 15.4. The van der Waals surface area contributed by atoms with Gasteiger partial charge in [0.1, 0.15) is 0 Å². The van der Waals surface area contributed by atoms with E-state index in [0.717, 1.165) is 22.3 Å². The van der Waals surface area contributed by atoms with Crippen molar-refractivity contribution in [1.29, 1.82) is 0 Å². The minimum absolute atomic E-state index is 0.00806. The van der Waals surface area contributed by atoms with Crippen molar-refractivity contribution in [2.75, 3.05) is 0 Å². The fraction of sp³-hybridized carbons (Fsp3) is 0.0714. The lowest BCUT2D eigenvalue weighted by atomic mass is 9.82. The van der Waals surface area contributed by atoms with Crippen LogP contribution in [0.3, 0.4) is 0 Å². The van der Waals surface area contributed by atoms with Gasteiger partial charge in [0.15, 0.2) is 17.5 Å². The lowest BCUT2D eigenvalue weighted by Crippen LogP contribution is -2.14. The van der Waals surface area contributed by atoms with Crippen LogP contribution in [-0.4, -0.2) is 15.0 Å². The van der Waals surface area contributed by atoms with Crippen LogP contribution >= 0.6 is 0 Å². The Hall–Kier alpha value is -5.67. The van der Waals surface area contributed by atoms with Gasteiger partial charge in [-0.1, -0.05) is 166 Å². The lowest BCUT2D eigenvalue weighted by molar-refractivity contribution is 0.660. The molecule has 1 aliphatic carbocycles. The SMILES string of the molecule is CC1(C)c2ccccc2-c2c(-c3ccc(-c4ccc(-c5nc(-c6ccccc6)nc(-c6ccccc6)n5)cc4)cc3)cccc21. The molecule has 0 N–H and O–H groups in total. The minimum atomic E-state index is -0.00806. The zero-order chi connectivity index (χ0) is 30.4. The fourth-order valence-electron chi connectivity index (χ4n) is 6.59. The van der Waals surface area contributed by atoms with Crippen LogP contribution in [0.1, 0.15) is 25.0 Å². The van der Waals surface area contributed by atoms with Crippen LogP contribution in [0, 0.1) is 0 Å². The van der Waals surface area contributed by atoms with Crippen LogP contribution in [0.25, 0.3) is 67.5 Å². The molecule has 0 fully saturated rings. The van der Waals surface area contributed by atoms with E-state index >= 15 is 0 Å². The molecule has 1 heterocycles. The van der Waals surface area contributed by atoms with Gasteiger partial charge >= 0.3 is 0 Å². The summed E-state index contributed by atoms with van der Waals surface area (Å²) in [5.74, 6) is 1.99. The van der Waals surface area contributed by atoms with Gasteiger partial charge in [-0.05, 0) is 44.5 Å². The Labute approximate surface area is 264 Å². The van der Waals surface area contributed by atoms with Gasteiger partial charge in [-0.15, -0.1) is 0 Å². The van der Waals surface area contributed by atoms with Crippen LogP contribution in [0.4, 0.5) is 0 Å². The van der Waals surface area contributed by atoms with E-state index in [2.05, 4.69) is 105 Å². The smallest absolute Gasteiger partial charge is 0.164 e. The molecule has 45 heavy (non-hydrogen) atoms. The summed E-state index contributed by atoms with van der Waals surface area (Å²) >= 11 is 0. The van der Waals surface area contributed by atoms with Gasteiger partial charge in [0.05, 0.1) is 0 Å². The third-order valence-electron chi connectivity index (χ3n) is 8.98. The van der Waals surface area contributed by atoms with Crippen molar-refractivity contribution in [3.63, 3.8) is 0 Å². The monoisotopic (exact) mass is 577 g/mol. The Kier molecular flexibility index (Phi) is 6.46. The first kappa shape index (κ1) is 26.9. The van der Waals surface area contributed by atoms with Crippen LogP contribution in [0.15, 0.2) is 152 Å². The first-order chi connectivity index (χ1) is 22.1. The molecule has 3 heteroatoms. The average molecular weight is 578 g/mol. The van der Waals surface area contributed by atoms with Gasteiger partial charge in [0.25, 0.3) is 0 Å².